The summed E-state index contributed by atoms with van der Waals surface area (Å²) < 4.78 is 121. The number of aryl methyl sites for hydroxylation is 1. The third-order valence-electron chi connectivity index (χ3n) is 10.7. The van der Waals surface area contributed by atoms with Crippen molar-refractivity contribution in [1.82, 2.24) is 39.5 Å². The Kier molecular flexibility index (Phi) is 9.80. The topological polar surface area (TPSA) is 131 Å². The highest BCUT2D eigenvalue weighted by molar-refractivity contribution is 6.34. The molecule has 21 heteroatoms. The van der Waals surface area contributed by atoms with Crippen LogP contribution in [0.3, 0.4) is 0 Å². The van der Waals surface area contributed by atoms with Crippen LogP contribution in [0.5, 0.6) is 6.01 Å². The number of rotatable bonds is 6. The van der Waals surface area contributed by atoms with Gasteiger partial charge >= 0.3 is 18.2 Å². The maximum absolute atomic E-state index is 16.9. The third-order valence-corrected chi connectivity index (χ3v) is 11.0. The van der Waals surface area contributed by atoms with E-state index in [9.17, 15) is 35.5 Å². The minimum atomic E-state index is -4.98. The molecule has 1 unspecified atom stereocenters. The van der Waals surface area contributed by atoms with Crippen molar-refractivity contribution in [2.24, 2.45) is 0 Å². The van der Waals surface area contributed by atoms with Crippen molar-refractivity contribution in [3.8, 4) is 17.3 Å². The molecule has 3 aliphatic rings. The van der Waals surface area contributed by atoms with Gasteiger partial charge in [-0.3, -0.25) is 4.90 Å². The predicted molar refractivity (Wildman–Crippen MR) is 184 cm³/mol. The lowest BCUT2D eigenvalue weighted by molar-refractivity contribution is -0.137. The van der Waals surface area contributed by atoms with Crippen LogP contribution in [0.2, 0.25) is 5.02 Å². The summed E-state index contributed by atoms with van der Waals surface area (Å²) in [5.74, 6) is -2.36. The standard InChI is InChI=1S/C34H33ClF8N10O2/c1-15-9-21(44)46-26(23(15)34(41,42)43)22-20(35)10-19-25(24(22)36)47-31(55-13-33-5-4-6-50(33)12-18(11-33)27(37)38)48-30(19)51-7-8-52(17(3)16(51)2)32(54)53-14-45-29(49-53)28(39)40/h9-10,14,16-17,28H,4-8,11-13H2,1-3H3,(H2,44,46)/t16-,17+,33?/m0/s1. The second-order valence-corrected chi connectivity index (χ2v) is 14.3. The number of carbonyl (C=O) groups excluding carboxylic acids is 1. The van der Waals surface area contributed by atoms with Gasteiger partial charge in [0.15, 0.2) is 5.82 Å². The maximum Gasteiger partial charge on any atom is 0.418 e. The van der Waals surface area contributed by atoms with Gasteiger partial charge in [-0.05, 0) is 64.3 Å². The van der Waals surface area contributed by atoms with Gasteiger partial charge in [-0.25, -0.2) is 27.9 Å². The molecule has 6 heterocycles. The van der Waals surface area contributed by atoms with Crippen molar-refractivity contribution in [3.05, 3.63) is 57.9 Å². The molecule has 4 aromatic rings. The molecule has 12 nitrogen and oxygen atoms in total. The van der Waals surface area contributed by atoms with Gasteiger partial charge in [0.2, 0.25) is 5.82 Å². The van der Waals surface area contributed by atoms with Gasteiger partial charge in [-0.2, -0.15) is 36.6 Å². The van der Waals surface area contributed by atoms with Crippen LogP contribution in [0.25, 0.3) is 22.2 Å². The second-order valence-electron chi connectivity index (χ2n) is 13.9. The summed E-state index contributed by atoms with van der Waals surface area (Å²) in [6.07, 6.45) is -7.60. The summed E-state index contributed by atoms with van der Waals surface area (Å²) in [5, 5.41) is 3.10. The minimum absolute atomic E-state index is 0.00634. The normalized spacial score (nSPS) is 21.9. The molecule has 1 amide bonds. The van der Waals surface area contributed by atoms with Crippen LogP contribution >= 0.6 is 11.6 Å². The van der Waals surface area contributed by atoms with Gasteiger partial charge in [0.1, 0.15) is 30.1 Å². The number of hydrogen-bond acceptors (Lipinski definition) is 10. The zero-order valence-electron chi connectivity index (χ0n) is 29.4. The van der Waals surface area contributed by atoms with Gasteiger partial charge in [0.05, 0.1) is 33.4 Å². The number of halogens is 9. The van der Waals surface area contributed by atoms with Crippen LogP contribution < -0.4 is 15.4 Å². The number of carbonyl (C=O) groups is 1. The van der Waals surface area contributed by atoms with Crippen LogP contribution in [0.15, 0.2) is 30.1 Å². The molecule has 0 aliphatic carbocycles. The molecular formula is C34H33ClF8N10O2. The molecule has 1 aromatic carbocycles. The summed E-state index contributed by atoms with van der Waals surface area (Å²) in [7, 11) is 0. The van der Waals surface area contributed by atoms with E-state index >= 15 is 4.39 Å². The van der Waals surface area contributed by atoms with Crippen LogP contribution in [0.4, 0.5) is 51.6 Å². The number of piperazine rings is 1. The van der Waals surface area contributed by atoms with Crippen molar-refractivity contribution >= 4 is 40.2 Å². The van der Waals surface area contributed by atoms with Gasteiger partial charge in [0, 0.05) is 36.6 Å². The fourth-order valence-electron chi connectivity index (χ4n) is 7.87. The molecule has 0 saturated carbocycles. The fraction of sp³-hybridized carbons (Fsp3) is 0.471. The van der Waals surface area contributed by atoms with E-state index in [4.69, 9.17) is 22.1 Å². The number of pyridine rings is 1. The Balaban J connectivity index is 1.33. The van der Waals surface area contributed by atoms with E-state index in [2.05, 4.69) is 25.0 Å². The van der Waals surface area contributed by atoms with Crippen LogP contribution in [0, 0.1) is 12.7 Å². The molecule has 3 aliphatic heterocycles. The van der Waals surface area contributed by atoms with E-state index in [-0.39, 0.29) is 66.8 Å². The van der Waals surface area contributed by atoms with Crippen LogP contribution in [-0.4, -0.2) is 96.0 Å². The fourth-order valence-corrected chi connectivity index (χ4v) is 8.16. The first-order chi connectivity index (χ1) is 25.9. The van der Waals surface area contributed by atoms with E-state index < -0.39 is 81.3 Å². The average Bonchev–Trinajstić information content (AvgIpc) is 3.83. The smallest absolute Gasteiger partial charge is 0.418 e. The summed E-state index contributed by atoms with van der Waals surface area (Å²) in [5.41, 5.74) is 1.37. The number of alkyl halides is 5. The van der Waals surface area contributed by atoms with Crippen molar-refractivity contribution in [2.75, 3.05) is 43.4 Å². The number of nitrogen functional groups attached to an aromatic ring is 1. The minimum Gasteiger partial charge on any atom is -0.461 e. The lowest BCUT2D eigenvalue weighted by Crippen LogP contribution is -2.60. The van der Waals surface area contributed by atoms with E-state index in [1.54, 1.807) is 18.7 Å². The van der Waals surface area contributed by atoms with Crippen molar-refractivity contribution in [3.63, 3.8) is 0 Å². The molecular weight excluding hydrogens is 768 g/mol. The Labute approximate surface area is 312 Å². The Morgan fingerprint density at radius 3 is 2.53 bits per heavy atom. The summed E-state index contributed by atoms with van der Waals surface area (Å²) >= 11 is 6.60. The highest BCUT2D eigenvalue weighted by atomic mass is 35.5. The number of ether oxygens (including phenoxy) is 1. The average molecular weight is 801 g/mol. The molecule has 3 atom stereocenters. The summed E-state index contributed by atoms with van der Waals surface area (Å²) in [4.78, 5) is 34.6. The molecule has 294 valence electrons. The largest absolute Gasteiger partial charge is 0.461 e. The monoisotopic (exact) mass is 800 g/mol. The summed E-state index contributed by atoms with van der Waals surface area (Å²) in [6.45, 7) is 5.03. The molecule has 0 radical (unpaired) electrons. The Hall–Kier alpha value is -4.85. The van der Waals surface area contributed by atoms with Crippen molar-refractivity contribution < 1.29 is 44.7 Å². The van der Waals surface area contributed by atoms with Crippen molar-refractivity contribution in [1.29, 1.82) is 0 Å². The molecule has 3 fully saturated rings. The zero-order valence-corrected chi connectivity index (χ0v) is 30.2. The maximum atomic E-state index is 16.9. The van der Waals surface area contributed by atoms with Crippen molar-refractivity contribution in [2.45, 2.75) is 70.3 Å². The SMILES string of the molecule is Cc1cc(N)nc(-c2c(Cl)cc3c(N4CCN(C(=O)n5cnc(C(F)F)n5)[C@H](C)[C@@H]4C)nc(OCC45CCCN4CC(=C(F)F)C5)nc3c2F)c1C(F)(F)F. The van der Waals surface area contributed by atoms with Gasteiger partial charge in [-0.1, -0.05) is 11.6 Å². The Bertz CT molecular complexity index is 2210. The molecule has 2 N–H and O–H groups in total. The zero-order chi connectivity index (χ0) is 39.7. The lowest BCUT2D eigenvalue weighted by atomic mass is 9.94. The Morgan fingerprint density at radius 2 is 1.85 bits per heavy atom. The van der Waals surface area contributed by atoms with E-state index in [1.165, 1.54) is 11.0 Å². The molecule has 3 aromatic heterocycles. The molecule has 7 rings (SSSR count). The third kappa shape index (κ3) is 6.76. The second kappa shape index (κ2) is 14.0. The molecule has 0 bridgehead atoms. The number of anilines is 2. The van der Waals surface area contributed by atoms with Gasteiger partial charge < -0.3 is 20.3 Å². The number of aromatic nitrogens is 6. The highest BCUT2D eigenvalue weighted by Gasteiger charge is 2.48. The van der Waals surface area contributed by atoms with E-state index in [0.717, 1.165) is 25.7 Å². The first-order valence-electron chi connectivity index (χ1n) is 17.1. The number of amides is 1. The van der Waals surface area contributed by atoms with Crippen LogP contribution in [-0.2, 0) is 6.18 Å². The van der Waals surface area contributed by atoms with E-state index in [1.807, 2.05) is 4.90 Å². The molecule has 55 heavy (non-hydrogen) atoms. The predicted octanol–water partition coefficient (Wildman–Crippen LogP) is 7.26. The Morgan fingerprint density at radius 1 is 1.11 bits per heavy atom. The van der Waals surface area contributed by atoms with Crippen LogP contribution in [0.1, 0.15) is 56.5 Å². The number of nitrogens with zero attached hydrogens (tertiary/aromatic N) is 9. The van der Waals surface area contributed by atoms with Gasteiger partial charge in [0.25, 0.3) is 12.5 Å². The molecule has 3 saturated heterocycles. The number of benzene rings is 1. The summed E-state index contributed by atoms with van der Waals surface area (Å²) in [6, 6.07) is -0.161. The number of hydrogen-bond donors (Lipinski definition) is 1. The lowest BCUT2D eigenvalue weighted by Gasteiger charge is -2.45. The molecule has 0 spiro atoms. The van der Waals surface area contributed by atoms with Gasteiger partial charge in [-0.15, -0.1) is 5.10 Å². The number of nitrogens with two attached hydrogens (primary N) is 1. The van der Waals surface area contributed by atoms with E-state index in [0.29, 0.717) is 17.6 Å². The number of fused-ring (bicyclic) bond motifs is 2. The highest BCUT2D eigenvalue weighted by Crippen LogP contribution is 2.46. The first kappa shape index (κ1) is 38.4. The quantitative estimate of drug-likeness (QED) is 0.199. The first-order valence-corrected chi connectivity index (χ1v) is 17.5.